The van der Waals surface area contributed by atoms with Crippen LogP contribution in [0.25, 0.3) is 11.0 Å². The van der Waals surface area contributed by atoms with Crippen molar-refractivity contribution in [3.05, 3.63) is 30.4 Å². The van der Waals surface area contributed by atoms with Crippen LogP contribution in [0.3, 0.4) is 0 Å². The number of hydrogen-bond donors (Lipinski definition) is 2. The largest absolute Gasteiger partial charge is 0.369 e. The zero-order valence-electron chi connectivity index (χ0n) is 11.5. The molecule has 0 unspecified atom stereocenters. The Morgan fingerprint density at radius 3 is 2.82 bits per heavy atom. The zero-order chi connectivity index (χ0) is 15.7. The number of nitrogens with two attached hydrogens (primary N) is 1. The topological polar surface area (TPSA) is 115 Å². The molecule has 1 heterocycles. The molecule has 3 N–H and O–H groups in total. The number of nitrogens with one attached hydrogen (secondary N) is 1. The summed E-state index contributed by atoms with van der Waals surface area (Å²) < 4.78 is 35.9. The lowest BCUT2D eigenvalue weighted by molar-refractivity contribution is -0.122. The molecule has 1 aliphatic rings. The monoisotopic (exact) mass is 338 g/mol. The lowest BCUT2D eigenvalue weighted by Crippen LogP contribution is -2.46. The van der Waals surface area contributed by atoms with Crippen molar-refractivity contribution in [1.29, 1.82) is 0 Å². The Kier molecular flexibility index (Phi) is 3.94. The number of aromatic nitrogens is 2. The molecule has 9 heteroatoms. The highest BCUT2D eigenvalue weighted by Gasteiger charge is 2.32. The van der Waals surface area contributed by atoms with E-state index in [4.69, 9.17) is 5.73 Å². The maximum atomic E-state index is 12.6. The van der Waals surface area contributed by atoms with E-state index >= 15 is 0 Å². The highest BCUT2D eigenvalue weighted by molar-refractivity contribution is 7.89. The molecule has 22 heavy (non-hydrogen) atoms. The van der Waals surface area contributed by atoms with Crippen LogP contribution >= 0.6 is 11.7 Å². The molecule has 0 saturated heterocycles. The van der Waals surface area contributed by atoms with Crippen LogP contribution < -0.4 is 10.5 Å². The summed E-state index contributed by atoms with van der Waals surface area (Å²) in [6, 6.07) is 4.25. The van der Waals surface area contributed by atoms with E-state index in [0.717, 1.165) is 11.7 Å². The van der Waals surface area contributed by atoms with E-state index in [-0.39, 0.29) is 4.90 Å². The van der Waals surface area contributed by atoms with E-state index in [0.29, 0.717) is 23.9 Å². The van der Waals surface area contributed by atoms with Crippen molar-refractivity contribution in [2.24, 2.45) is 11.7 Å². The number of carbonyl (C=O) groups excluding carboxylic acids is 1. The Balaban J connectivity index is 1.95. The second-order valence-electron chi connectivity index (χ2n) is 5.07. The molecule has 0 radical (unpaired) electrons. The van der Waals surface area contributed by atoms with Crippen LogP contribution in [0.2, 0.25) is 0 Å². The molecule has 0 fully saturated rings. The quantitative estimate of drug-likeness (QED) is 0.800. The number of nitrogens with zero attached hydrogens (tertiary/aromatic N) is 2. The van der Waals surface area contributed by atoms with Crippen LogP contribution in [0.5, 0.6) is 0 Å². The summed E-state index contributed by atoms with van der Waals surface area (Å²) in [6.07, 6.45) is 4.55. The number of fused-ring (bicyclic) bond motifs is 1. The van der Waals surface area contributed by atoms with E-state index in [2.05, 4.69) is 13.5 Å². The normalized spacial score (nSPS) is 22.0. The van der Waals surface area contributed by atoms with Crippen molar-refractivity contribution >= 4 is 38.7 Å². The summed E-state index contributed by atoms with van der Waals surface area (Å²) in [5.74, 6) is -1.06. The fourth-order valence-electron chi connectivity index (χ4n) is 2.52. The summed E-state index contributed by atoms with van der Waals surface area (Å²) in [5, 5.41) is 0. The minimum atomic E-state index is -3.81. The van der Waals surface area contributed by atoms with E-state index in [1.807, 2.05) is 12.2 Å². The molecule has 0 spiro atoms. The molecule has 7 nitrogen and oxygen atoms in total. The van der Waals surface area contributed by atoms with Gasteiger partial charge in [-0.15, -0.1) is 0 Å². The number of amides is 1. The van der Waals surface area contributed by atoms with Crippen LogP contribution in [0, 0.1) is 5.92 Å². The second kappa shape index (κ2) is 5.75. The number of primary amides is 1. The van der Waals surface area contributed by atoms with Gasteiger partial charge in [-0.3, -0.25) is 4.79 Å². The smallest absolute Gasteiger partial charge is 0.243 e. The van der Waals surface area contributed by atoms with Crippen LogP contribution in [-0.4, -0.2) is 29.1 Å². The first kappa shape index (κ1) is 15.1. The molecule has 2 aromatic rings. The Morgan fingerprint density at radius 1 is 1.27 bits per heavy atom. The molecule has 116 valence electrons. The second-order valence-corrected chi connectivity index (χ2v) is 7.28. The van der Waals surface area contributed by atoms with Crippen LogP contribution in [0.4, 0.5) is 0 Å². The predicted octanol–water partition coefficient (Wildman–Crippen LogP) is 0.790. The minimum absolute atomic E-state index is 0.0662. The Morgan fingerprint density at radius 2 is 2.05 bits per heavy atom. The van der Waals surface area contributed by atoms with Gasteiger partial charge in [0.25, 0.3) is 0 Å². The molecule has 1 aliphatic carbocycles. The van der Waals surface area contributed by atoms with Gasteiger partial charge in [0.2, 0.25) is 15.9 Å². The van der Waals surface area contributed by atoms with E-state index < -0.39 is 27.9 Å². The minimum Gasteiger partial charge on any atom is -0.369 e. The molecular weight excluding hydrogens is 324 g/mol. The SMILES string of the molecule is NC(=O)[C@@H]1CC=CC[C@H]1NS(=O)(=O)c1cccc2nsnc12. The standard InChI is InChI=1S/C13H14N4O3S2/c14-13(18)8-4-1-2-5-9(8)17-22(19,20)11-7-3-6-10-12(11)16-21-15-10/h1-3,6-9,17H,4-5H2,(H2,14,18)/t8-,9-/m1/s1. The number of allylic oxidation sites excluding steroid dienone is 1. The van der Waals surface area contributed by atoms with Gasteiger partial charge >= 0.3 is 0 Å². The van der Waals surface area contributed by atoms with Gasteiger partial charge in [-0.05, 0) is 25.0 Å². The number of rotatable bonds is 4. The summed E-state index contributed by atoms with van der Waals surface area (Å²) in [6.45, 7) is 0. The van der Waals surface area contributed by atoms with E-state index in [1.165, 1.54) is 6.07 Å². The first-order valence-electron chi connectivity index (χ1n) is 6.67. The lowest BCUT2D eigenvalue weighted by atomic mass is 9.89. The third kappa shape index (κ3) is 2.74. The van der Waals surface area contributed by atoms with Crippen molar-refractivity contribution in [1.82, 2.24) is 13.5 Å². The number of sulfonamides is 1. The van der Waals surface area contributed by atoms with Gasteiger partial charge < -0.3 is 5.73 Å². The Hall–Kier alpha value is -1.84. The van der Waals surface area contributed by atoms with Crippen molar-refractivity contribution in [3.63, 3.8) is 0 Å². The Bertz CT molecular complexity index is 844. The van der Waals surface area contributed by atoms with Crippen LogP contribution in [0.15, 0.2) is 35.2 Å². The van der Waals surface area contributed by atoms with Crippen molar-refractivity contribution in [2.75, 3.05) is 0 Å². The summed E-state index contributed by atoms with van der Waals surface area (Å²) in [5.41, 5.74) is 6.23. The summed E-state index contributed by atoms with van der Waals surface area (Å²) in [4.78, 5) is 11.6. The average Bonchev–Trinajstić information content (AvgIpc) is 2.95. The highest BCUT2D eigenvalue weighted by atomic mass is 32.2. The summed E-state index contributed by atoms with van der Waals surface area (Å²) in [7, 11) is -3.81. The molecule has 1 aromatic heterocycles. The van der Waals surface area contributed by atoms with Crippen LogP contribution in [0.1, 0.15) is 12.8 Å². The molecule has 1 amide bonds. The van der Waals surface area contributed by atoms with E-state index in [1.54, 1.807) is 12.1 Å². The maximum Gasteiger partial charge on any atom is 0.243 e. The number of carbonyl (C=O) groups is 1. The third-order valence-electron chi connectivity index (χ3n) is 3.64. The highest BCUT2D eigenvalue weighted by Crippen LogP contribution is 2.24. The van der Waals surface area contributed by atoms with Crippen molar-refractivity contribution < 1.29 is 13.2 Å². The summed E-state index contributed by atoms with van der Waals surface area (Å²) >= 11 is 0.957. The molecular formula is C13H14N4O3S2. The molecule has 0 bridgehead atoms. The zero-order valence-corrected chi connectivity index (χ0v) is 13.1. The fraction of sp³-hybridized carbons (Fsp3) is 0.308. The van der Waals surface area contributed by atoms with Crippen molar-refractivity contribution in [3.8, 4) is 0 Å². The van der Waals surface area contributed by atoms with Gasteiger partial charge in [0, 0.05) is 6.04 Å². The molecule has 0 saturated carbocycles. The van der Waals surface area contributed by atoms with Crippen molar-refractivity contribution in [2.45, 2.75) is 23.8 Å². The maximum absolute atomic E-state index is 12.6. The predicted molar refractivity (Wildman–Crippen MR) is 82.6 cm³/mol. The molecule has 1 aromatic carbocycles. The average molecular weight is 338 g/mol. The molecule has 2 atom stereocenters. The number of hydrogen-bond acceptors (Lipinski definition) is 6. The Labute approximate surface area is 131 Å². The first-order valence-corrected chi connectivity index (χ1v) is 8.88. The van der Waals surface area contributed by atoms with Crippen LogP contribution in [-0.2, 0) is 14.8 Å². The van der Waals surface area contributed by atoms with Gasteiger partial charge in [0.1, 0.15) is 15.9 Å². The first-order chi connectivity index (χ1) is 10.5. The molecule has 3 rings (SSSR count). The van der Waals surface area contributed by atoms with Gasteiger partial charge in [-0.1, -0.05) is 18.2 Å². The van der Waals surface area contributed by atoms with Gasteiger partial charge in [0.15, 0.2) is 0 Å². The fourth-order valence-corrected chi connectivity index (χ4v) is 4.58. The molecule has 0 aliphatic heterocycles. The lowest BCUT2D eigenvalue weighted by Gasteiger charge is -2.26. The third-order valence-corrected chi connectivity index (χ3v) is 5.71. The van der Waals surface area contributed by atoms with Gasteiger partial charge in [-0.2, -0.15) is 8.75 Å². The number of benzene rings is 1. The van der Waals surface area contributed by atoms with Gasteiger partial charge in [-0.25, -0.2) is 13.1 Å². The van der Waals surface area contributed by atoms with Gasteiger partial charge in [0.05, 0.1) is 17.6 Å². The van der Waals surface area contributed by atoms with E-state index in [9.17, 15) is 13.2 Å².